The van der Waals surface area contributed by atoms with Crippen LogP contribution in [0.2, 0.25) is 0 Å². The molecule has 6 aromatic rings. The number of fused-ring (bicyclic) bond motifs is 1. The molecule has 0 saturated carbocycles. The normalized spacial score (nSPS) is 11.2. The van der Waals surface area contributed by atoms with Crippen LogP contribution in [0.3, 0.4) is 0 Å². The smallest absolute Gasteiger partial charge is 0.153 e. The van der Waals surface area contributed by atoms with Crippen LogP contribution in [0.1, 0.15) is 22.3 Å². The second kappa shape index (κ2) is 9.18. The summed E-state index contributed by atoms with van der Waals surface area (Å²) in [6, 6.07) is 30.0. The third kappa shape index (κ3) is 4.34. The predicted molar refractivity (Wildman–Crippen MR) is 152 cm³/mol. The van der Waals surface area contributed by atoms with Gasteiger partial charge in [-0.3, -0.25) is 9.97 Å². The van der Waals surface area contributed by atoms with Gasteiger partial charge >= 0.3 is 0 Å². The maximum atomic E-state index is 6.23. The van der Waals surface area contributed by atoms with E-state index in [2.05, 4.69) is 104 Å². The lowest BCUT2D eigenvalue weighted by molar-refractivity contribution is 0.628. The second-order valence-electron chi connectivity index (χ2n) is 9.83. The molecule has 6 rings (SSSR count). The molecule has 0 amide bonds. The van der Waals surface area contributed by atoms with Gasteiger partial charge in [0.15, 0.2) is 5.76 Å². The highest BCUT2D eigenvalue weighted by atomic mass is 16.3. The van der Waals surface area contributed by atoms with Crippen LogP contribution in [0, 0.1) is 27.7 Å². The van der Waals surface area contributed by atoms with Crippen LogP contribution in [0.5, 0.6) is 0 Å². The first-order valence-electron chi connectivity index (χ1n) is 12.6. The minimum absolute atomic E-state index is 0.784. The molecule has 0 unspecified atom stereocenters. The van der Waals surface area contributed by atoms with E-state index in [1.165, 1.54) is 38.9 Å². The molecule has 0 saturated heterocycles. The van der Waals surface area contributed by atoms with Gasteiger partial charge in [-0.2, -0.15) is 0 Å². The van der Waals surface area contributed by atoms with Gasteiger partial charge < -0.3 is 4.42 Å². The quantitative estimate of drug-likeness (QED) is 0.252. The molecule has 3 nitrogen and oxygen atoms in total. The molecule has 0 aliphatic heterocycles. The van der Waals surface area contributed by atoms with Gasteiger partial charge in [-0.05, 0) is 103 Å². The Labute approximate surface area is 217 Å². The fraction of sp³-hybridized carbons (Fsp3) is 0.118. The van der Waals surface area contributed by atoms with Crippen molar-refractivity contribution >= 4 is 11.0 Å². The Morgan fingerprint density at radius 3 is 2.19 bits per heavy atom. The number of benzene rings is 3. The summed E-state index contributed by atoms with van der Waals surface area (Å²) in [5.41, 5.74) is 13.3. The van der Waals surface area contributed by atoms with E-state index >= 15 is 0 Å². The van der Waals surface area contributed by atoms with Gasteiger partial charge in [0, 0.05) is 23.3 Å². The zero-order valence-corrected chi connectivity index (χ0v) is 21.5. The highest BCUT2D eigenvalue weighted by Gasteiger charge is 2.17. The molecule has 0 atom stereocenters. The summed E-state index contributed by atoms with van der Waals surface area (Å²) in [7, 11) is 0. The summed E-state index contributed by atoms with van der Waals surface area (Å²) in [5.74, 6) is 0.784. The van der Waals surface area contributed by atoms with Crippen molar-refractivity contribution in [2.24, 2.45) is 0 Å². The summed E-state index contributed by atoms with van der Waals surface area (Å²) in [4.78, 5) is 9.22. The van der Waals surface area contributed by atoms with E-state index in [4.69, 9.17) is 4.42 Å². The van der Waals surface area contributed by atoms with Gasteiger partial charge in [0.2, 0.25) is 0 Å². The molecule has 0 spiro atoms. The van der Waals surface area contributed by atoms with Crippen LogP contribution in [0.25, 0.3) is 55.9 Å². The highest BCUT2D eigenvalue weighted by molar-refractivity contribution is 5.95. The molecule has 37 heavy (non-hydrogen) atoms. The third-order valence-electron chi connectivity index (χ3n) is 6.98. The van der Waals surface area contributed by atoms with Crippen LogP contribution < -0.4 is 0 Å². The fourth-order valence-electron chi connectivity index (χ4n) is 4.97. The maximum absolute atomic E-state index is 6.23. The third-order valence-corrected chi connectivity index (χ3v) is 6.98. The van der Waals surface area contributed by atoms with Crippen LogP contribution in [0.4, 0.5) is 0 Å². The largest absolute Gasteiger partial charge is 0.454 e. The summed E-state index contributed by atoms with van der Waals surface area (Å²) >= 11 is 0. The van der Waals surface area contributed by atoms with Crippen molar-refractivity contribution in [1.29, 1.82) is 0 Å². The average Bonchev–Trinajstić information content (AvgIpc) is 3.34. The SMILES string of the molecule is Cc1ccc(-c2cc3c(C)c(-c4cc(-c5cc(C)ccn5)ccc4-c4cccc(C)c4)ccc3o2)nc1. The first-order chi connectivity index (χ1) is 18.0. The molecule has 3 aromatic heterocycles. The lowest BCUT2D eigenvalue weighted by Gasteiger charge is -2.15. The van der Waals surface area contributed by atoms with Crippen molar-refractivity contribution in [3.05, 3.63) is 120 Å². The number of aryl methyl sites for hydroxylation is 4. The molecule has 3 heteroatoms. The van der Waals surface area contributed by atoms with Gasteiger partial charge in [-0.1, -0.05) is 54.1 Å². The summed E-state index contributed by atoms with van der Waals surface area (Å²) in [6.45, 7) is 8.46. The molecular formula is C34H28N2O. The van der Waals surface area contributed by atoms with E-state index in [0.29, 0.717) is 0 Å². The number of rotatable bonds is 4. The topological polar surface area (TPSA) is 38.9 Å². The number of aromatic nitrogens is 2. The van der Waals surface area contributed by atoms with Crippen LogP contribution >= 0.6 is 0 Å². The van der Waals surface area contributed by atoms with Crippen molar-refractivity contribution in [1.82, 2.24) is 9.97 Å². The van der Waals surface area contributed by atoms with E-state index in [-0.39, 0.29) is 0 Å². The van der Waals surface area contributed by atoms with Crippen molar-refractivity contribution < 1.29 is 4.42 Å². The van der Waals surface area contributed by atoms with E-state index in [1.54, 1.807) is 0 Å². The van der Waals surface area contributed by atoms with Crippen molar-refractivity contribution in [2.75, 3.05) is 0 Å². The Bertz CT molecular complexity index is 1760. The molecule has 180 valence electrons. The molecular weight excluding hydrogens is 452 g/mol. The van der Waals surface area contributed by atoms with Crippen molar-refractivity contribution in [3.63, 3.8) is 0 Å². The van der Waals surface area contributed by atoms with Gasteiger partial charge in [-0.25, -0.2) is 0 Å². The molecule has 0 bridgehead atoms. The molecule has 0 aliphatic carbocycles. The minimum Gasteiger partial charge on any atom is -0.454 e. The minimum atomic E-state index is 0.784. The van der Waals surface area contributed by atoms with Crippen LogP contribution in [-0.2, 0) is 0 Å². The molecule has 0 radical (unpaired) electrons. The Morgan fingerprint density at radius 2 is 1.41 bits per heavy atom. The predicted octanol–water partition coefficient (Wildman–Crippen LogP) is 9.12. The number of hydrogen-bond acceptors (Lipinski definition) is 3. The zero-order valence-electron chi connectivity index (χ0n) is 21.5. The lowest BCUT2D eigenvalue weighted by Crippen LogP contribution is -1.92. The average molecular weight is 481 g/mol. The zero-order chi connectivity index (χ0) is 25.5. The molecule has 3 aromatic carbocycles. The summed E-state index contributed by atoms with van der Waals surface area (Å²) in [6.07, 6.45) is 3.75. The standard InChI is InChI=1S/C34H28N2O/c1-21-6-5-7-25(16-21)28-10-9-26(32-17-22(2)14-15-35-32)18-30(28)27-11-13-33-29(24(27)4)19-34(37-33)31-12-8-23(3)20-36-31/h5-20H,1-4H3. The number of pyridine rings is 2. The molecule has 3 heterocycles. The van der Waals surface area contributed by atoms with Gasteiger partial charge in [0.05, 0.1) is 5.69 Å². The maximum Gasteiger partial charge on any atom is 0.153 e. The van der Waals surface area contributed by atoms with Crippen molar-refractivity contribution in [3.8, 4) is 45.0 Å². The van der Waals surface area contributed by atoms with Crippen molar-refractivity contribution in [2.45, 2.75) is 27.7 Å². The van der Waals surface area contributed by atoms with Gasteiger partial charge in [-0.15, -0.1) is 0 Å². The molecule has 0 aliphatic rings. The Morgan fingerprint density at radius 1 is 0.568 bits per heavy atom. The lowest BCUT2D eigenvalue weighted by atomic mass is 9.88. The monoisotopic (exact) mass is 480 g/mol. The van der Waals surface area contributed by atoms with Crippen LogP contribution in [-0.4, -0.2) is 9.97 Å². The Kier molecular flexibility index (Phi) is 5.69. The van der Waals surface area contributed by atoms with Crippen LogP contribution in [0.15, 0.2) is 102 Å². The number of hydrogen-bond donors (Lipinski definition) is 0. The summed E-state index contributed by atoms with van der Waals surface area (Å²) < 4.78 is 6.23. The van der Waals surface area contributed by atoms with E-state index < -0.39 is 0 Å². The molecule has 0 N–H and O–H groups in total. The first-order valence-corrected chi connectivity index (χ1v) is 12.6. The number of furan rings is 1. The second-order valence-corrected chi connectivity index (χ2v) is 9.83. The van der Waals surface area contributed by atoms with E-state index in [0.717, 1.165) is 39.2 Å². The van der Waals surface area contributed by atoms with E-state index in [1.807, 2.05) is 31.5 Å². The number of nitrogens with zero attached hydrogens (tertiary/aromatic N) is 2. The van der Waals surface area contributed by atoms with E-state index in [9.17, 15) is 0 Å². The first kappa shape index (κ1) is 22.9. The molecule has 0 fully saturated rings. The van der Waals surface area contributed by atoms with Gasteiger partial charge in [0.1, 0.15) is 11.3 Å². The van der Waals surface area contributed by atoms with Gasteiger partial charge in [0.25, 0.3) is 0 Å². The summed E-state index contributed by atoms with van der Waals surface area (Å²) in [5, 5.41) is 1.10. The highest BCUT2D eigenvalue weighted by Crippen LogP contribution is 2.40. The fourth-order valence-corrected chi connectivity index (χ4v) is 4.97. The Hall–Kier alpha value is -4.50. The Balaban J connectivity index is 1.55.